The van der Waals surface area contributed by atoms with Crippen LogP contribution in [0.25, 0.3) is 0 Å². The zero-order valence-corrected chi connectivity index (χ0v) is 11.2. The van der Waals surface area contributed by atoms with Gasteiger partial charge >= 0.3 is 5.97 Å². The van der Waals surface area contributed by atoms with Crippen molar-refractivity contribution in [2.75, 3.05) is 6.61 Å². The molecule has 0 aromatic carbocycles. The fourth-order valence-corrected chi connectivity index (χ4v) is 2.28. The molecule has 17 heavy (non-hydrogen) atoms. The van der Waals surface area contributed by atoms with Gasteiger partial charge in [0.15, 0.2) is 0 Å². The number of esters is 1. The number of nitrogens with one attached hydrogen (secondary N) is 1. The van der Waals surface area contributed by atoms with E-state index in [1.807, 2.05) is 6.92 Å². The van der Waals surface area contributed by atoms with Crippen molar-refractivity contribution < 1.29 is 14.3 Å². The van der Waals surface area contributed by atoms with E-state index in [2.05, 4.69) is 19.2 Å². The first-order chi connectivity index (χ1) is 7.89. The van der Waals surface area contributed by atoms with Gasteiger partial charge < -0.3 is 10.1 Å². The average Bonchev–Trinajstić information content (AvgIpc) is 2.52. The highest BCUT2D eigenvalue weighted by Crippen LogP contribution is 2.37. The number of ether oxygens (including phenoxy) is 1. The van der Waals surface area contributed by atoms with Crippen LogP contribution < -0.4 is 5.32 Å². The third-order valence-corrected chi connectivity index (χ3v) is 3.38. The lowest BCUT2D eigenvalue weighted by Crippen LogP contribution is -2.43. The number of carbonyl (C=O) groups excluding carboxylic acids is 2. The van der Waals surface area contributed by atoms with Gasteiger partial charge in [-0.15, -0.1) is 0 Å². The second-order valence-corrected chi connectivity index (χ2v) is 5.52. The summed E-state index contributed by atoms with van der Waals surface area (Å²) < 4.78 is 5.02. The Kier molecular flexibility index (Phi) is 4.54. The lowest BCUT2D eigenvalue weighted by molar-refractivity contribution is -0.148. The van der Waals surface area contributed by atoms with Crippen LogP contribution in [0.2, 0.25) is 0 Å². The smallest absolute Gasteiger partial charge is 0.329 e. The minimum Gasteiger partial charge on any atom is -0.464 e. The first-order valence-electron chi connectivity index (χ1n) is 6.35. The molecule has 0 aromatic heterocycles. The van der Waals surface area contributed by atoms with Gasteiger partial charge in [0.2, 0.25) is 5.91 Å². The summed E-state index contributed by atoms with van der Waals surface area (Å²) in [6.07, 6.45) is 2.30. The first kappa shape index (κ1) is 14.0. The van der Waals surface area contributed by atoms with E-state index in [9.17, 15) is 9.59 Å². The normalized spacial score (nSPS) is 28.3. The summed E-state index contributed by atoms with van der Waals surface area (Å²) in [4.78, 5) is 23.3. The molecular weight excluding hydrogens is 218 g/mol. The van der Waals surface area contributed by atoms with E-state index in [4.69, 9.17) is 4.74 Å². The van der Waals surface area contributed by atoms with Crippen LogP contribution in [-0.4, -0.2) is 24.5 Å². The third kappa shape index (κ3) is 3.45. The summed E-state index contributed by atoms with van der Waals surface area (Å²) in [6.45, 7) is 8.42. The van der Waals surface area contributed by atoms with E-state index in [-0.39, 0.29) is 17.3 Å². The highest BCUT2D eigenvalue weighted by molar-refractivity contribution is 5.89. The number of amides is 1. The maximum Gasteiger partial charge on any atom is 0.329 e. The van der Waals surface area contributed by atoms with Crippen LogP contribution in [0.5, 0.6) is 0 Å². The van der Waals surface area contributed by atoms with Crippen LogP contribution in [0.3, 0.4) is 0 Å². The molecule has 0 radical (unpaired) electrons. The molecule has 0 aromatic rings. The molecule has 1 fully saturated rings. The van der Waals surface area contributed by atoms with Crippen LogP contribution in [0, 0.1) is 11.3 Å². The minimum atomic E-state index is -0.478. The molecule has 2 unspecified atom stereocenters. The summed E-state index contributed by atoms with van der Waals surface area (Å²) >= 11 is 0. The fraction of sp³-hybridized carbons (Fsp3) is 0.846. The zero-order valence-electron chi connectivity index (χ0n) is 11.2. The number of hydrogen-bond acceptors (Lipinski definition) is 3. The summed E-state index contributed by atoms with van der Waals surface area (Å²) in [5, 5.41) is 2.74. The molecule has 0 saturated carbocycles. The second kappa shape index (κ2) is 5.52. The molecule has 0 bridgehead atoms. The van der Waals surface area contributed by atoms with Gasteiger partial charge in [0.1, 0.15) is 6.04 Å². The molecule has 1 saturated heterocycles. The van der Waals surface area contributed by atoms with Crippen molar-refractivity contribution in [3.8, 4) is 0 Å². The van der Waals surface area contributed by atoms with E-state index in [1.54, 1.807) is 6.92 Å². The van der Waals surface area contributed by atoms with E-state index in [0.717, 1.165) is 12.8 Å². The minimum absolute atomic E-state index is 0.0469. The Balaban J connectivity index is 2.72. The van der Waals surface area contributed by atoms with Gasteiger partial charge in [0, 0.05) is 11.8 Å². The zero-order chi connectivity index (χ0) is 13.1. The topological polar surface area (TPSA) is 55.4 Å². The Morgan fingerprint density at radius 2 is 2.24 bits per heavy atom. The standard InChI is InChI=1S/C13H23NO3/c1-5-17-12(16)11-13(4,7-6-9(2)3)8-10(15)14-11/h9,11H,5-8H2,1-4H3,(H,14,15). The van der Waals surface area contributed by atoms with E-state index in [1.165, 1.54) is 0 Å². The van der Waals surface area contributed by atoms with Crippen molar-refractivity contribution >= 4 is 11.9 Å². The maximum atomic E-state index is 11.8. The molecule has 4 nitrogen and oxygen atoms in total. The lowest BCUT2D eigenvalue weighted by Gasteiger charge is -2.29. The third-order valence-electron chi connectivity index (χ3n) is 3.38. The van der Waals surface area contributed by atoms with Crippen molar-refractivity contribution in [3.63, 3.8) is 0 Å². The van der Waals surface area contributed by atoms with Gasteiger partial charge in [-0.2, -0.15) is 0 Å². The number of carbonyl (C=O) groups is 2. The molecule has 1 aliphatic heterocycles. The average molecular weight is 241 g/mol. The monoisotopic (exact) mass is 241 g/mol. The van der Waals surface area contributed by atoms with E-state index < -0.39 is 6.04 Å². The van der Waals surface area contributed by atoms with Gasteiger partial charge in [0.25, 0.3) is 0 Å². The van der Waals surface area contributed by atoms with Crippen LogP contribution in [0.15, 0.2) is 0 Å². The summed E-state index contributed by atoms with van der Waals surface area (Å²) in [7, 11) is 0. The Hall–Kier alpha value is -1.06. The highest BCUT2D eigenvalue weighted by atomic mass is 16.5. The Morgan fingerprint density at radius 3 is 2.76 bits per heavy atom. The SMILES string of the molecule is CCOC(=O)C1NC(=O)CC1(C)CCC(C)C. The van der Waals surface area contributed by atoms with E-state index >= 15 is 0 Å². The molecule has 1 heterocycles. The molecule has 0 aliphatic carbocycles. The van der Waals surface area contributed by atoms with Crippen LogP contribution in [-0.2, 0) is 14.3 Å². The predicted octanol–water partition coefficient (Wildman–Crippen LogP) is 1.88. The predicted molar refractivity (Wildman–Crippen MR) is 65.4 cm³/mol. The molecule has 1 rings (SSSR count). The van der Waals surface area contributed by atoms with Crippen molar-refractivity contribution in [2.24, 2.45) is 11.3 Å². The number of hydrogen-bond donors (Lipinski definition) is 1. The van der Waals surface area contributed by atoms with Gasteiger partial charge in [-0.25, -0.2) is 4.79 Å². The Labute approximate surface area is 103 Å². The van der Waals surface area contributed by atoms with Gasteiger partial charge in [-0.05, 0) is 19.3 Å². The lowest BCUT2D eigenvalue weighted by atomic mass is 9.77. The van der Waals surface area contributed by atoms with Crippen molar-refractivity contribution in [1.82, 2.24) is 5.32 Å². The Morgan fingerprint density at radius 1 is 1.59 bits per heavy atom. The largest absolute Gasteiger partial charge is 0.464 e. The van der Waals surface area contributed by atoms with Crippen LogP contribution in [0.1, 0.15) is 47.0 Å². The second-order valence-electron chi connectivity index (χ2n) is 5.52. The van der Waals surface area contributed by atoms with Crippen molar-refractivity contribution in [2.45, 2.75) is 53.0 Å². The van der Waals surface area contributed by atoms with Crippen LogP contribution >= 0.6 is 0 Å². The maximum absolute atomic E-state index is 11.8. The van der Waals surface area contributed by atoms with Crippen molar-refractivity contribution in [3.05, 3.63) is 0 Å². The molecule has 2 atom stereocenters. The molecule has 98 valence electrons. The van der Waals surface area contributed by atoms with Gasteiger partial charge in [0.05, 0.1) is 6.61 Å². The van der Waals surface area contributed by atoms with Gasteiger partial charge in [-0.3, -0.25) is 4.79 Å². The number of rotatable bonds is 5. The summed E-state index contributed by atoms with van der Waals surface area (Å²) in [5.74, 6) is 0.226. The summed E-state index contributed by atoms with van der Waals surface area (Å²) in [5.41, 5.74) is -0.298. The molecule has 1 N–H and O–H groups in total. The van der Waals surface area contributed by atoms with Crippen molar-refractivity contribution in [1.29, 1.82) is 0 Å². The quantitative estimate of drug-likeness (QED) is 0.748. The molecule has 0 spiro atoms. The highest BCUT2D eigenvalue weighted by Gasteiger charge is 2.47. The van der Waals surface area contributed by atoms with Crippen LogP contribution in [0.4, 0.5) is 0 Å². The fourth-order valence-electron chi connectivity index (χ4n) is 2.28. The Bertz CT molecular complexity index is 301. The van der Waals surface area contributed by atoms with Gasteiger partial charge in [-0.1, -0.05) is 27.2 Å². The molecule has 1 amide bonds. The first-order valence-corrected chi connectivity index (χ1v) is 6.35. The molecular formula is C13H23NO3. The molecule has 4 heteroatoms. The molecule has 1 aliphatic rings. The summed E-state index contributed by atoms with van der Waals surface area (Å²) in [6, 6.07) is -0.478. The van der Waals surface area contributed by atoms with E-state index in [0.29, 0.717) is 18.9 Å².